The summed E-state index contributed by atoms with van der Waals surface area (Å²) in [5.74, 6) is 0.775. The topological polar surface area (TPSA) is 105 Å². The zero-order chi connectivity index (χ0) is 23.6. The van der Waals surface area contributed by atoms with Crippen molar-refractivity contribution in [3.8, 4) is 11.4 Å². The summed E-state index contributed by atoms with van der Waals surface area (Å²) in [6.45, 7) is 6.45. The average Bonchev–Trinajstić information content (AvgIpc) is 3.25. The second kappa shape index (κ2) is 9.44. The van der Waals surface area contributed by atoms with E-state index < -0.39 is 10.0 Å². The fourth-order valence-electron chi connectivity index (χ4n) is 3.96. The minimum Gasteiger partial charge on any atom is -0.339 e. The normalized spacial score (nSPS) is 15.6. The van der Waals surface area contributed by atoms with E-state index in [1.165, 1.54) is 4.31 Å². The number of carbonyl (C=O) groups is 1. The zero-order valence-corrected chi connectivity index (χ0v) is 19.8. The first-order valence-electron chi connectivity index (χ1n) is 11.1. The van der Waals surface area contributed by atoms with Crippen LogP contribution in [0.5, 0.6) is 0 Å². The lowest BCUT2D eigenvalue weighted by atomic mass is 9.97. The van der Waals surface area contributed by atoms with Gasteiger partial charge in [0.2, 0.25) is 27.6 Å². The molecule has 3 aromatic rings. The van der Waals surface area contributed by atoms with E-state index in [0.717, 1.165) is 5.56 Å². The van der Waals surface area contributed by atoms with Gasteiger partial charge in [-0.15, -0.1) is 0 Å². The second-order valence-electron chi connectivity index (χ2n) is 8.57. The second-order valence-corrected chi connectivity index (χ2v) is 10.5. The maximum atomic E-state index is 13.0. The van der Waals surface area contributed by atoms with Crippen molar-refractivity contribution < 1.29 is 17.7 Å². The maximum Gasteiger partial charge on any atom is 0.243 e. The number of aromatic nitrogens is 2. The quantitative estimate of drug-likeness (QED) is 0.581. The fourth-order valence-corrected chi connectivity index (χ4v) is 5.43. The van der Waals surface area contributed by atoms with Crippen molar-refractivity contribution in [1.29, 1.82) is 0 Å². The standard InChI is InChI=1S/C24H28N4O4S/c1-16(2)18-8-10-20(11-9-18)33(30,31)28-14-12-19(13-15-28)24(29)26-22-7-5-4-6-21(22)23-25-17(3)32-27-23/h4-11,16,19H,12-15H2,1-3H3,(H,26,29). The van der Waals surface area contributed by atoms with Crippen LogP contribution in [0.15, 0.2) is 57.9 Å². The summed E-state index contributed by atoms with van der Waals surface area (Å²) in [5.41, 5.74) is 2.37. The van der Waals surface area contributed by atoms with E-state index in [4.69, 9.17) is 4.52 Å². The molecule has 0 saturated carbocycles. The van der Waals surface area contributed by atoms with Crippen LogP contribution in [0.4, 0.5) is 5.69 Å². The highest BCUT2D eigenvalue weighted by Gasteiger charge is 2.32. The largest absolute Gasteiger partial charge is 0.339 e. The number of anilines is 1. The minimum absolute atomic E-state index is 0.138. The van der Waals surface area contributed by atoms with Gasteiger partial charge in [0, 0.05) is 31.5 Å². The number of hydrogen-bond donors (Lipinski definition) is 1. The van der Waals surface area contributed by atoms with Crippen LogP contribution in [-0.4, -0.2) is 41.9 Å². The third-order valence-corrected chi connectivity index (χ3v) is 7.88. The summed E-state index contributed by atoms with van der Waals surface area (Å²) in [4.78, 5) is 17.5. The molecule has 2 heterocycles. The molecule has 1 N–H and O–H groups in total. The molecule has 1 fully saturated rings. The van der Waals surface area contributed by atoms with Crippen molar-refractivity contribution in [2.75, 3.05) is 18.4 Å². The molecule has 0 spiro atoms. The lowest BCUT2D eigenvalue weighted by molar-refractivity contribution is -0.120. The number of nitrogens with zero attached hydrogens (tertiary/aromatic N) is 3. The first kappa shape index (κ1) is 23.1. The van der Waals surface area contributed by atoms with Gasteiger partial charge in [-0.25, -0.2) is 8.42 Å². The van der Waals surface area contributed by atoms with Gasteiger partial charge in [0.25, 0.3) is 0 Å². The molecule has 0 bridgehead atoms. The number of nitrogens with one attached hydrogen (secondary N) is 1. The lowest BCUT2D eigenvalue weighted by Crippen LogP contribution is -2.41. The Morgan fingerprint density at radius 3 is 2.36 bits per heavy atom. The van der Waals surface area contributed by atoms with Crippen LogP contribution in [0.25, 0.3) is 11.4 Å². The van der Waals surface area contributed by atoms with Crippen LogP contribution in [0, 0.1) is 12.8 Å². The predicted molar refractivity (Wildman–Crippen MR) is 125 cm³/mol. The number of para-hydroxylation sites is 1. The van der Waals surface area contributed by atoms with Crippen LogP contribution < -0.4 is 5.32 Å². The summed E-state index contributed by atoms with van der Waals surface area (Å²) in [5, 5.41) is 6.90. The molecule has 0 radical (unpaired) electrons. The Hall–Kier alpha value is -3.04. The van der Waals surface area contributed by atoms with Gasteiger partial charge in [0.05, 0.1) is 10.6 Å². The molecule has 1 amide bonds. The Kier molecular flexibility index (Phi) is 6.62. The van der Waals surface area contributed by atoms with E-state index in [0.29, 0.717) is 59.7 Å². The van der Waals surface area contributed by atoms with Crippen molar-refractivity contribution in [2.24, 2.45) is 5.92 Å². The summed E-state index contributed by atoms with van der Waals surface area (Å²) in [7, 11) is -3.58. The molecule has 1 aromatic heterocycles. The Bertz CT molecular complexity index is 1230. The van der Waals surface area contributed by atoms with Gasteiger partial charge in [-0.2, -0.15) is 9.29 Å². The molecular formula is C24H28N4O4S. The van der Waals surface area contributed by atoms with Crippen LogP contribution in [0.2, 0.25) is 0 Å². The third-order valence-electron chi connectivity index (χ3n) is 5.96. The van der Waals surface area contributed by atoms with Crippen LogP contribution in [0.3, 0.4) is 0 Å². The maximum absolute atomic E-state index is 13.0. The van der Waals surface area contributed by atoms with Crippen LogP contribution in [0.1, 0.15) is 44.1 Å². The first-order chi connectivity index (χ1) is 15.8. The van der Waals surface area contributed by atoms with Gasteiger partial charge in [-0.05, 0) is 48.6 Å². The van der Waals surface area contributed by atoms with Crippen molar-refractivity contribution in [3.63, 3.8) is 0 Å². The Morgan fingerprint density at radius 1 is 1.09 bits per heavy atom. The van der Waals surface area contributed by atoms with E-state index in [1.54, 1.807) is 25.1 Å². The molecule has 1 aliphatic rings. The SMILES string of the molecule is Cc1nc(-c2ccccc2NC(=O)C2CCN(S(=O)(=O)c3ccc(C(C)C)cc3)CC2)no1. The highest BCUT2D eigenvalue weighted by molar-refractivity contribution is 7.89. The third kappa shape index (κ3) is 4.99. The molecule has 8 nitrogen and oxygen atoms in total. The summed E-state index contributed by atoms with van der Waals surface area (Å²) < 4.78 is 32.6. The van der Waals surface area contributed by atoms with Gasteiger partial charge in [0.15, 0.2) is 0 Å². The van der Waals surface area contributed by atoms with Gasteiger partial charge in [-0.3, -0.25) is 4.79 Å². The molecule has 0 atom stereocenters. The zero-order valence-electron chi connectivity index (χ0n) is 19.0. The van der Waals surface area contributed by atoms with Crippen molar-refractivity contribution in [2.45, 2.75) is 44.4 Å². The molecule has 0 unspecified atom stereocenters. The van der Waals surface area contributed by atoms with E-state index in [1.807, 2.05) is 30.3 Å². The highest BCUT2D eigenvalue weighted by Crippen LogP contribution is 2.29. The molecule has 1 aliphatic heterocycles. The van der Waals surface area contributed by atoms with Gasteiger partial charge < -0.3 is 9.84 Å². The average molecular weight is 469 g/mol. The van der Waals surface area contributed by atoms with Crippen LogP contribution >= 0.6 is 0 Å². The Morgan fingerprint density at radius 2 is 1.76 bits per heavy atom. The van der Waals surface area contributed by atoms with Crippen LogP contribution in [-0.2, 0) is 14.8 Å². The van der Waals surface area contributed by atoms with Gasteiger partial charge >= 0.3 is 0 Å². The smallest absolute Gasteiger partial charge is 0.243 e. The first-order valence-corrected chi connectivity index (χ1v) is 12.5. The Balaban J connectivity index is 1.41. The van der Waals surface area contributed by atoms with E-state index in [-0.39, 0.29) is 11.8 Å². The van der Waals surface area contributed by atoms with Crippen molar-refractivity contribution in [1.82, 2.24) is 14.4 Å². The minimum atomic E-state index is -3.58. The molecule has 1 saturated heterocycles. The fraction of sp³-hybridized carbons (Fsp3) is 0.375. The molecule has 9 heteroatoms. The number of benzene rings is 2. The summed E-state index contributed by atoms with van der Waals surface area (Å²) >= 11 is 0. The number of sulfonamides is 1. The molecule has 174 valence electrons. The molecule has 4 rings (SSSR count). The van der Waals surface area contributed by atoms with Gasteiger partial charge in [-0.1, -0.05) is 43.3 Å². The highest BCUT2D eigenvalue weighted by atomic mass is 32.2. The number of piperidine rings is 1. The van der Waals surface area contributed by atoms with Gasteiger partial charge in [0.1, 0.15) is 0 Å². The number of hydrogen-bond acceptors (Lipinski definition) is 6. The van der Waals surface area contributed by atoms with E-state index in [9.17, 15) is 13.2 Å². The summed E-state index contributed by atoms with van der Waals surface area (Å²) in [6.07, 6.45) is 0.914. The molecule has 33 heavy (non-hydrogen) atoms. The Labute approximate surface area is 194 Å². The number of amides is 1. The van der Waals surface area contributed by atoms with E-state index >= 15 is 0 Å². The monoisotopic (exact) mass is 468 g/mol. The lowest BCUT2D eigenvalue weighted by Gasteiger charge is -2.30. The molecular weight excluding hydrogens is 440 g/mol. The number of carbonyl (C=O) groups excluding carboxylic acids is 1. The molecule has 0 aliphatic carbocycles. The van der Waals surface area contributed by atoms with Crippen molar-refractivity contribution in [3.05, 3.63) is 60.0 Å². The van der Waals surface area contributed by atoms with Crippen molar-refractivity contribution >= 4 is 21.6 Å². The van der Waals surface area contributed by atoms with E-state index in [2.05, 4.69) is 29.3 Å². The number of rotatable bonds is 6. The number of aryl methyl sites for hydroxylation is 1. The summed E-state index contributed by atoms with van der Waals surface area (Å²) in [6, 6.07) is 14.3. The predicted octanol–water partition coefficient (Wildman–Crippen LogP) is 4.21. The molecule has 2 aromatic carbocycles.